The second-order valence-electron chi connectivity index (χ2n) is 6.10. The highest BCUT2D eigenvalue weighted by Crippen LogP contribution is 2.31. The maximum Gasteiger partial charge on any atom is 0.359 e. The summed E-state index contributed by atoms with van der Waals surface area (Å²) >= 11 is 17.5. The van der Waals surface area contributed by atoms with Crippen molar-refractivity contribution >= 4 is 46.7 Å². The maximum atomic E-state index is 12.0. The number of ether oxygens (including phenoxy) is 1. The Balaban J connectivity index is 1.90. The Kier molecular flexibility index (Phi) is 6.72. The first-order valence-electron chi connectivity index (χ1n) is 7.77. The number of hydrogen-bond donors (Lipinski definition) is 1. The molecule has 0 bridgehead atoms. The number of esters is 1. The van der Waals surface area contributed by atoms with Crippen LogP contribution >= 0.6 is 34.8 Å². The molecule has 1 saturated carbocycles. The summed E-state index contributed by atoms with van der Waals surface area (Å²) in [6.07, 6.45) is 4.39. The minimum Gasteiger partial charge on any atom is -0.451 e. The summed E-state index contributed by atoms with van der Waals surface area (Å²) < 4.78 is 4.97. The second-order valence-corrected chi connectivity index (χ2v) is 7.26. The molecule has 2 rings (SSSR count). The van der Waals surface area contributed by atoms with E-state index in [0.29, 0.717) is 11.8 Å². The van der Waals surface area contributed by atoms with E-state index in [1.54, 1.807) is 0 Å². The molecule has 0 aromatic carbocycles. The van der Waals surface area contributed by atoms with Crippen LogP contribution < -0.4 is 5.32 Å². The number of rotatable bonds is 4. The zero-order valence-corrected chi connectivity index (χ0v) is 15.7. The van der Waals surface area contributed by atoms with E-state index in [4.69, 9.17) is 39.5 Å². The monoisotopic (exact) mass is 392 g/mol. The summed E-state index contributed by atoms with van der Waals surface area (Å²) in [5.41, 5.74) is -0.168. The highest BCUT2D eigenvalue weighted by molar-refractivity contribution is 6.48. The first-order valence-corrected chi connectivity index (χ1v) is 8.90. The second kappa shape index (κ2) is 8.37. The van der Waals surface area contributed by atoms with E-state index in [2.05, 4.69) is 24.1 Å². The Bertz CT molecular complexity index is 639. The molecule has 1 heterocycles. The van der Waals surface area contributed by atoms with Crippen LogP contribution in [0, 0.1) is 11.8 Å². The first-order chi connectivity index (χ1) is 11.3. The fourth-order valence-corrected chi connectivity index (χ4v) is 3.38. The summed E-state index contributed by atoms with van der Waals surface area (Å²) in [6, 6.07) is 0.103. The average molecular weight is 394 g/mol. The predicted molar refractivity (Wildman–Crippen MR) is 93.7 cm³/mol. The van der Waals surface area contributed by atoms with Gasteiger partial charge in [0.15, 0.2) is 12.3 Å². The van der Waals surface area contributed by atoms with E-state index in [0.717, 1.165) is 12.8 Å². The number of carbonyl (C=O) groups excluding carboxylic acids is 2. The van der Waals surface area contributed by atoms with Crippen LogP contribution in [-0.2, 0) is 9.53 Å². The van der Waals surface area contributed by atoms with Crippen molar-refractivity contribution in [2.24, 2.45) is 11.8 Å². The number of nitrogens with zero attached hydrogens (tertiary/aromatic N) is 1. The van der Waals surface area contributed by atoms with Gasteiger partial charge in [0.05, 0.1) is 15.1 Å². The van der Waals surface area contributed by atoms with Gasteiger partial charge in [-0.1, -0.05) is 61.5 Å². The number of nitrogens with one attached hydrogen (secondary N) is 1. The smallest absolute Gasteiger partial charge is 0.359 e. The Morgan fingerprint density at radius 3 is 2.67 bits per heavy atom. The van der Waals surface area contributed by atoms with Crippen LogP contribution in [0.2, 0.25) is 15.1 Å². The lowest BCUT2D eigenvalue weighted by Gasteiger charge is -2.34. The van der Waals surface area contributed by atoms with Crippen LogP contribution in [0.3, 0.4) is 0 Å². The van der Waals surface area contributed by atoms with E-state index < -0.39 is 12.6 Å². The molecule has 0 saturated heterocycles. The molecular weight excluding hydrogens is 375 g/mol. The van der Waals surface area contributed by atoms with Crippen LogP contribution in [0.25, 0.3) is 0 Å². The molecule has 1 aliphatic rings. The van der Waals surface area contributed by atoms with Crippen molar-refractivity contribution in [2.45, 2.75) is 39.2 Å². The van der Waals surface area contributed by atoms with Gasteiger partial charge in [0.1, 0.15) is 0 Å². The molecule has 132 valence electrons. The number of pyridine rings is 1. The number of carbonyl (C=O) groups is 2. The third-order valence-electron chi connectivity index (χ3n) is 4.50. The molecule has 1 fully saturated rings. The molecule has 1 amide bonds. The molecule has 5 nitrogen and oxygen atoms in total. The minimum absolute atomic E-state index is 0.0229. The Morgan fingerprint density at radius 1 is 1.25 bits per heavy atom. The van der Waals surface area contributed by atoms with Gasteiger partial charge in [0, 0.05) is 12.2 Å². The molecule has 1 aromatic rings. The molecule has 1 aliphatic carbocycles. The number of halogens is 3. The van der Waals surface area contributed by atoms with E-state index in [9.17, 15) is 9.59 Å². The molecule has 1 aromatic heterocycles. The molecular formula is C16H19Cl3N2O3. The number of hydrogen-bond acceptors (Lipinski definition) is 4. The van der Waals surface area contributed by atoms with Gasteiger partial charge in [-0.2, -0.15) is 0 Å². The molecule has 0 unspecified atom stereocenters. The Morgan fingerprint density at radius 2 is 1.96 bits per heavy atom. The third-order valence-corrected chi connectivity index (χ3v) is 5.74. The van der Waals surface area contributed by atoms with Crippen molar-refractivity contribution in [3.8, 4) is 0 Å². The summed E-state index contributed by atoms with van der Waals surface area (Å²) in [5.74, 6) is -0.209. The lowest BCUT2D eigenvalue weighted by molar-refractivity contribution is -0.125. The van der Waals surface area contributed by atoms with E-state index in [1.807, 2.05) is 0 Å². The fraction of sp³-hybridized carbons (Fsp3) is 0.562. The molecule has 0 aliphatic heterocycles. The van der Waals surface area contributed by atoms with Gasteiger partial charge in [-0.15, -0.1) is 0 Å². The standard InChI is InChI=1S/C16H19Cl3N2O3/c1-8-4-3-5-11(9(8)2)21-12(22)7-24-16(23)15-14(19)13(18)10(17)6-20-15/h6,8-9,11H,3-5,7H2,1-2H3,(H,21,22)/t8-,9-,11+/m1/s1. The van der Waals surface area contributed by atoms with Crippen LogP contribution in [0.5, 0.6) is 0 Å². The van der Waals surface area contributed by atoms with Crippen molar-refractivity contribution in [3.05, 3.63) is 27.0 Å². The third kappa shape index (κ3) is 4.52. The van der Waals surface area contributed by atoms with Gasteiger partial charge < -0.3 is 10.1 Å². The van der Waals surface area contributed by atoms with Crippen molar-refractivity contribution in [2.75, 3.05) is 6.61 Å². The molecule has 24 heavy (non-hydrogen) atoms. The highest BCUT2D eigenvalue weighted by atomic mass is 35.5. The van der Waals surface area contributed by atoms with E-state index in [-0.39, 0.29) is 32.7 Å². The van der Waals surface area contributed by atoms with Gasteiger partial charge >= 0.3 is 5.97 Å². The van der Waals surface area contributed by atoms with Crippen molar-refractivity contribution < 1.29 is 14.3 Å². The minimum atomic E-state index is -0.821. The number of amides is 1. The summed E-state index contributed by atoms with van der Waals surface area (Å²) in [7, 11) is 0. The summed E-state index contributed by atoms with van der Waals surface area (Å²) in [4.78, 5) is 27.8. The van der Waals surface area contributed by atoms with Crippen LogP contribution in [0.15, 0.2) is 6.20 Å². The molecule has 0 radical (unpaired) electrons. The van der Waals surface area contributed by atoms with Crippen LogP contribution in [0.4, 0.5) is 0 Å². The van der Waals surface area contributed by atoms with Gasteiger partial charge in [-0.05, 0) is 18.3 Å². The Labute approximate surface area is 156 Å². The largest absolute Gasteiger partial charge is 0.451 e. The fourth-order valence-electron chi connectivity index (χ4n) is 2.82. The van der Waals surface area contributed by atoms with Crippen molar-refractivity contribution in [3.63, 3.8) is 0 Å². The van der Waals surface area contributed by atoms with Gasteiger partial charge in [-0.25, -0.2) is 9.78 Å². The quantitative estimate of drug-likeness (QED) is 0.781. The zero-order chi connectivity index (χ0) is 17.9. The van der Waals surface area contributed by atoms with Gasteiger partial charge in [-0.3, -0.25) is 4.79 Å². The van der Waals surface area contributed by atoms with Gasteiger partial charge in [0.25, 0.3) is 5.91 Å². The molecule has 8 heteroatoms. The van der Waals surface area contributed by atoms with Crippen LogP contribution in [0.1, 0.15) is 43.6 Å². The van der Waals surface area contributed by atoms with E-state index in [1.165, 1.54) is 12.6 Å². The lowest BCUT2D eigenvalue weighted by atomic mass is 9.78. The highest BCUT2D eigenvalue weighted by Gasteiger charge is 2.28. The SMILES string of the molecule is C[C@@H]1[C@H](C)CCC[C@@H]1NC(=O)COC(=O)c1ncc(Cl)c(Cl)c1Cl. The first kappa shape index (κ1) is 19.3. The number of aromatic nitrogens is 1. The summed E-state index contributed by atoms with van der Waals surface area (Å²) in [5, 5.41) is 2.99. The van der Waals surface area contributed by atoms with E-state index >= 15 is 0 Å². The molecule has 0 spiro atoms. The molecule has 1 N–H and O–H groups in total. The lowest BCUT2D eigenvalue weighted by Crippen LogP contribution is -2.45. The molecule has 3 atom stereocenters. The van der Waals surface area contributed by atoms with Crippen molar-refractivity contribution in [1.82, 2.24) is 10.3 Å². The topological polar surface area (TPSA) is 68.3 Å². The van der Waals surface area contributed by atoms with Crippen LogP contribution in [-0.4, -0.2) is 29.5 Å². The maximum absolute atomic E-state index is 12.0. The summed E-state index contributed by atoms with van der Waals surface area (Å²) in [6.45, 7) is 3.91. The van der Waals surface area contributed by atoms with Gasteiger partial charge in [0.2, 0.25) is 0 Å². The Hall–Kier alpha value is -1.04. The van der Waals surface area contributed by atoms with Crippen molar-refractivity contribution in [1.29, 1.82) is 0 Å². The average Bonchev–Trinajstić information content (AvgIpc) is 2.55. The normalized spacial score (nSPS) is 23.6. The zero-order valence-electron chi connectivity index (χ0n) is 13.4. The predicted octanol–water partition coefficient (Wildman–Crippen LogP) is 4.14.